The maximum absolute atomic E-state index is 12.8. The van der Waals surface area contributed by atoms with Crippen molar-refractivity contribution >= 4 is 45.3 Å². The fraction of sp³-hybridized carbons (Fsp3) is 0.143. The number of benzene rings is 2. The third kappa shape index (κ3) is 4.53. The third-order valence-corrected chi connectivity index (χ3v) is 5.64. The quantitative estimate of drug-likeness (QED) is 0.606. The molecule has 31 heavy (non-hydrogen) atoms. The van der Waals surface area contributed by atoms with Gasteiger partial charge in [0.05, 0.1) is 11.1 Å². The van der Waals surface area contributed by atoms with Crippen LogP contribution in [0, 0.1) is 0 Å². The number of nitrogens with zero attached hydrogens (tertiary/aromatic N) is 1. The number of thioether (sulfide) groups is 1. The predicted molar refractivity (Wildman–Crippen MR) is 110 cm³/mol. The normalized spacial score (nSPS) is 16.4. The first kappa shape index (κ1) is 20.9. The van der Waals surface area contributed by atoms with Crippen molar-refractivity contribution in [1.82, 2.24) is 0 Å². The molecule has 1 atom stereocenters. The van der Waals surface area contributed by atoms with Gasteiger partial charge in [0, 0.05) is 17.5 Å². The van der Waals surface area contributed by atoms with Crippen LogP contribution < -0.4 is 10.9 Å². The highest BCUT2D eigenvalue weighted by Gasteiger charge is 2.33. The average molecular weight is 446 g/mol. The molecule has 2 heterocycles. The van der Waals surface area contributed by atoms with Gasteiger partial charge in [-0.15, -0.1) is 0 Å². The smallest absolute Gasteiger partial charge is 0.416 e. The van der Waals surface area contributed by atoms with Crippen molar-refractivity contribution in [3.8, 4) is 0 Å². The summed E-state index contributed by atoms with van der Waals surface area (Å²) in [6, 6.07) is 12.6. The van der Waals surface area contributed by atoms with Gasteiger partial charge < -0.3 is 9.73 Å². The Kier molecular flexibility index (Phi) is 5.40. The summed E-state index contributed by atoms with van der Waals surface area (Å²) in [5, 5.41) is 2.25. The molecule has 6 nitrogen and oxygen atoms in total. The SMILES string of the molecule is O=C(C[C@H]1SC(c2cc3ccccc3oc2=O)=NC1=O)Nc1cccc(C(F)(F)F)c1. The molecule has 0 aliphatic carbocycles. The molecular formula is C21H13F3N2O4S. The number of carbonyl (C=O) groups is 2. The molecule has 0 fully saturated rings. The molecule has 0 spiro atoms. The molecule has 0 unspecified atom stereocenters. The largest absolute Gasteiger partial charge is 0.422 e. The van der Waals surface area contributed by atoms with Crippen molar-refractivity contribution < 1.29 is 27.2 Å². The lowest BCUT2D eigenvalue weighted by molar-refractivity contribution is -0.137. The highest BCUT2D eigenvalue weighted by Crippen LogP contribution is 2.32. The zero-order valence-corrected chi connectivity index (χ0v) is 16.4. The van der Waals surface area contributed by atoms with Crippen LogP contribution in [0.25, 0.3) is 11.0 Å². The van der Waals surface area contributed by atoms with Crippen molar-refractivity contribution in [1.29, 1.82) is 0 Å². The first-order chi connectivity index (χ1) is 14.7. The summed E-state index contributed by atoms with van der Waals surface area (Å²) in [4.78, 5) is 40.6. The fourth-order valence-electron chi connectivity index (χ4n) is 3.00. The van der Waals surface area contributed by atoms with Crippen LogP contribution in [0.1, 0.15) is 17.5 Å². The van der Waals surface area contributed by atoms with Crippen molar-refractivity contribution in [3.05, 3.63) is 76.1 Å². The van der Waals surface area contributed by atoms with Gasteiger partial charge in [0.25, 0.3) is 5.91 Å². The second-order valence-corrected chi connectivity index (χ2v) is 7.87. The van der Waals surface area contributed by atoms with Gasteiger partial charge in [-0.1, -0.05) is 36.0 Å². The molecule has 2 aromatic carbocycles. The van der Waals surface area contributed by atoms with Gasteiger partial charge in [-0.2, -0.15) is 13.2 Å². The molecule has 1 N–H and O–H groups in total. The summed E-state index contributed by atoms with van der Waals surface area (Å²) in [5.74, 6) is -1.25. The Balaban J connectivity index is 1.46. The summed E-state index contributed by atoms with van der Waals surface area (Å²) in [6.45, 7) is 0. The maximum Gasteiger partial charge on any atom is 0.416 e. The van der Waals surface area contributed by atoms with Crippen LogP contribution in [-0.2, 0) is 15.8 Å². The number of rotatable bonds is 4. The summed E-state index contributed by atoms with van der Waals surface area (Å²) in [7, 11) is 0. The highest BCUT2D eigenvalue weighted by molar-refractivity contribution is 8.16. The Morgan fingerprint density at radius 2 is 1.87 bits per heavy atom. The van der Waals surface area contributed by atoms with Crippen LogP contribution >= 0.6 is 11.8 Å². The van der Waals surface area contributed by atoms with Gasteiger partial charge in [-0.05, 0) is 30.3 Å². The van der Waals surface area contributed by atoms with Gasteiger partial charge >= 0.3 is 11.8 Å². The molecule has 10 heteroatoms. The maximum atomic E-state index is 12.8. The van der Waals surface area contributed by atoms with E-state index in [2.05, 4.69) is 10.3 Å². The van der Waals surface area contributed by atoms with E-state index in [4.69, 9.17) is 4.42 Å². The van der Waals surface area contributed by atoms with Crippen LogP contribution in [0.2, 0.25) is 0 Å². The number of alkyl halides is 3. The van der Waals surface area contributed by atoms with Gasteiger partial charge in [-0.25, -0.2) is 9.79 Å². The van der Waals surface area contributed by atoms with E-state index in [1.54, 1.807) is 30.3 Å². The molecule has 0 bridgehead atoms. The van der Waals surface area contributed by atoms with Gasteiger partial charge in [-0.3, -0.25) is 9.59 Å². The zero-order chi connectivity index (χ0) is 22.2. The Labute approximate surface area is 177 Å². The van der Waals surface area contributed by atoms with Gasteiger partial charge in [0.2, 0.25) is 5.91 Å². The second kappa shape index (κ2) is 8.03. The minimum absolute atomic E-state index is 0.0356. The Hall–Kier alpha value is -3.40. The molecule has 1 aliphatic heterocycles. The molecule has 0 saturated heterocycles. The molecule has 4 rings (SSSR count). The summed E-state index contributed by atoms with van der Waals surface area (Å²) >= 11 is 0.941. The number of amides is 2. The van der Waals surface area contributed by atoms with Crippen LogP contribution in [0.15, 0.2) is 68.8 Å². The standard InChI is InChI=1S/C21H13F3N2O4S/c22-21(23,24)12-5-3-6-13(9-12)25-17(27)10-16-18(28)26-19(31-16)14-8-11-4-1-2-7-15(11)30-20(14)29/h1-9,16H,10H2,(H,25,27)/t16-/m1/s1. The summed E-state index contributed by atoms with van der Waals surface area (Å²) in [5.41, 5.74) is -1.09. The lowest BCUT2D eigenvalue weighted by Crippen LogP contribution is -2.21. The minimum atomic E-state index is -4.54. The highest BCUT2D eigenvalue weighted by atomic mass is 32.2. The monoisotopic (exact) mass is 446 g/mol. The lowest BCUT2D eigenvalue weighted by atomic mass is 10.2. The van der Waals surface area contributed by atoms with Crippen molar-refractivity contribution in [2.75, 3.05) is 5.32 Å². The fourth-order valence-corrected chi connectivity index (χ4v) is 4.07. The zero-order valence-electron chi connectivity index (χ0n) is 15.6. The molecule has 1 aromatic heterocycles. The molecule has 158 valence electrons. The Morgan fingerprint density at radius 3 is 2.65 bits per heavy atom. The van der Waals surface area contributed by atoms with Gasteiger partial charge in [0.1, 0.15) is 15.9 Å². The van der Waals surface area contributed by atoms with Crippen molar-refractivity contribution in [2.24, 2.45) is 4.99 Å². The first-order valence-corrected chi connectivity index (χ1v) is 9.88. The number of fused-ring (bicyclic) bond motifs is 1. The van der Waals surface area contributed by atoms with Crippen molar-refractivity contribution in [2.45, 2.75) is 17.8 Å². The molecule has 1 aliphatic rings. The van der Waals surface area contributed by atoms with Gasteiger partial charge in [0.15, 0.2) is 0 Å². The Bertz CT molecular complexity index is 1280. The molecule has 0 radical (unpaired) electrons. The van der Waals surface area contributed by atoms with E-state index >= 15 is 0 Å². The van der Waals surface area contributed by atoms with E-state index in [-0.39, 0.29) is 22.7 Å². The van der Waals surface area contributed by atoms with Crippen LogP contribution in [-0.4, -0.2) is 22.1 Å². The number of carbonyl (C=O) groups excluding carboxylic acids is 2. The number of hydrogen-bond acceptors (Lipinski definition) is 5. The topological polar surface area (TPSA) is 88.7 Å². The van der Waals surface area contributed by atoms with E-state index in [0.29, 0.717) is 11.0 Å². The average Bonchev–Trinajstić information content (AvgIpc) is 3.07. The Morgan fingerprint density at radius 1 is 1.10 bits per heavy atom. The second-order valence-electron chi connectivity index (χ2n) is 6.68. The van der Waals surface area contributed by atoms with Crippen LogP contribution in [0.3, 0.4) is 0 Å². The first-order valence-electron chi connectivity index (χ1n) is 9.00. The molecule has 0 saturated carbocycles. The van der Waals surface area contributed by atoms with E-state index in [9.17, 15) is 27.6 Å². The predicted octanol–water partition coefficient (Wildman–Crippen LogP) is 4.23. The van der Waals surface area contributed by atoms with Crippen LogP contribution in [0.4, 0.5) is 18.9 Å². The molecule has 2 amide bonds. The van der Waals surface area contributed by atoms with E-state index < -0.39 is 34.4 Å². The lowest BCUT2D eigenvalue weighted by Gasteiger charge is -2.11. The van der Waals surface area contributed by atoms with Crippen LogP contribution in [0.5, 0.6) is 0 Å². The number of aliphatic imine (C=N–C) groups is 1. The number of para-hydroxylation sites is 1. The third-order valence-electron chi connectivity index (χ3n) is 4.46. The number of nitrogens with one attached hydrogen (secondary N) is 1. The summed E-state index contributed by atoms with van der Waals surface area (Å²) < 4.78 is 43.7. The summed E-state index contributed by atoms with van der Waals surface area (Å²) in [6.07, 6.45) is -4.85. The minimum Gasteiger partial charge on any atom is -0.422 e. The molecular weight excluding hydrogens is 433 g/mol. The van der Waals surface area contributed by atoms with Crippen molar-refractivity contribution in [3.63, 3.8) is 0 Å². The number of halogens is 3. The van der Waals surface area contributed by atoms with E-state index in [1.165, 1.54) is 12.1 Å². The van der Waals surface area contributed by atoms with E-state index in [0.717, 1.165) is 23.9 Å². The number of hydrogen-bond donors (Lipinski definition) is 1. The number of anilines is 1. The van der Waals surface area contributed by atoms with E-state index in [1.807, 2.05) is 0 Å². The molecule has 3 aromatic rings.